The number of rotatable bonds is 5. The molecule has 3 rings (SSSR count). The van der Waals surface area contributed by atoms with E-state index in [2.05, 4.69) is 4.90 Å². The van der Waals surface area contributed by atoms with Gasteiger partial charge in [0.2, 0.25) is 0 Å². The van der Waals surface area contributed by atoms with Gasteiger partial charge in [-0.3, -0.25) is 4.90 Å². The van der Waals surface area contributed by atoms with Crippen molar-refractivity contribution in [3.05, 3.63) is 64.4 Å². The van der Waals surface area contributed by atoms with Gasteiger partial charge in [0, 0.05) is 24.1 Å². The second-order valence-corrected chi connectivity index (χ2v) is 5.20. The smallest absolute Gasteiger partial charge is 0.336 e. The molecule has 114 valence electrons. The molecule has 0 unspecified atom stereocenters. The lowest BCUT2D eigenvalue weighted by atomic mass is 10.1. The molecule has 2 aromatic heterocycles. The maximum atomic E-state index is 11.8. The van der Waals surface area contributed by atoms with Crippen molar-refractivity contribution >= 4 is 11.0 Å². The van der Waals surface area contributed by atoms with Crippen molar-refractivity contribution in [3.63, 3.8) is 0 Å². The number of hydrogen-bond acceptors (Lipinski definition) is 5. The number of nitrogens with zero attached hydrogens (tertiary/aromatic N) is 1. The van der Waals surface area contributed by atoms with Crippen LogP contribution in [0.4, 0.5) is 0 Å². The highest BCUT2D eigenvalue weighted by Crippen LogP contribution is 2.23. The standard InChI is InChI=1S/C17H17NO4/c1-18(11-14-4-3-7-21-14)10-12-8-17(19)22-16-9-13(20-2)5-6-15(12)16/h3-9H,10-11H2,1-2H3. The van der Waals surface area contributed by atoms with Crippen molar-refractivity contribution in [2.45, 2.75) is 13.1 Å². The Balaban J connectivity index is 1.90. The Labute approximate surface area is 127 Å². The van der Waals surface area contributed by atoms with Crippen molar-refractivity contribution in [3.8, 4) is 5.75 Å². The van der Waals surface area contributed by atoms with Gasteiger partial charge in [0.1, 0.15) is 17.1 Å². The molecular weight excluding hydrogens is 282 g/mol. The van der Waals surface area contributed by atoms with E-state index in [9.17, 15) is 4.79 Å². The fraction of sp³-hybridized carbons (Fsp3) is 0.235. The third kappa shape index (κ3) is 3.04. The van der Waals surface area contributed by atoms with Crippen LogP contribution in [-0.4, -0.2) is 19.1 Å². The van der Waals surface area contributed by atoms with Gasteiger partial charge in [0.15, 0.2) is 0 Å². The zero-order valence-electron chi connectivity index (χ0n) is 12.5. The van der Waals surface area contributed by atoms with Gasteiger partial charge < -0.3 is 13.6 Å². The van der Waals surface area contributed by atoms with Crippen LogP contribution in [0.5, 0.6) is 5.75 Å². The summed E-state index contributed by atoms with van der Waals surface area (Å²) in [6.07, 6.45) is 1.65. The summed E-state index contributed by atoms with van der Waals surface area (Å²) in [4.78, 5) is 13.8. The van der Waals surface area contributed by atoms with Crippen molar-refractivity contribution in [1.29, 1.82) is 0 Å². The molecule has 0 spiro atoms. The first kappa shape index (κ1) is 14.4. The lowest BCUT2D eigenvalue weighted by molar-refractivity contribution is 0.288. The summed E-state index contributed by atoms with van der Waals surface area (Å²) in [6.45, 7) is 1.29. The molecule has 0 fully saturated rings. The van der Waals surface area contributed by atoms with Gasteiger partial charge in [-0.05, 0) is 36.9 Å². The van der Waals surface area contributed by atoms with Crippen LogP contribution in [0.15, 0.2) is 56.3 Å². The SMILES string of the molecule is COc1ccc2c(CN(C)Cc3ccco3)cc(=O)oc2c1. The van der Waals surface area contributed by atoms with Gasteiger partial charge in [0.05, 0.1) is 19.9 Å². The van der Waals surface area contributed by atoms with E-state index in [1.165, 1.54) is 6.07 Å². The number of hydrogen-bond donors (Lipinski definition) is 0. The maximum absolute atomic E-state index is 11.8. The molecule has 0 aliphatic heterocycles. The van der Waals surface area contributed by atoms with Crippen LogP contribution < -0.4 is 10.4 Å². The third-order valence-corrected chi connectivity index (χ3v) is 3.48. The van der Waals surface area contributed by atoms with Crippen LogP contribution in [0, 0.1) is 0 Å². The minimum absolute atomic E-state index is 0.359. The number of fused-ring (bicyclic) bond motifs is 1. The summed E-state index contributed by atoms with van der Waals surface area (Å²) in [6, 6.07) is 10.8. The Hall–Kier alpha value is -2.53. The van der Waals surface area contributed by atoms with Gasteiger partial charge in [-0.1, -0.05) is 0 Å². The number of furan rings is 1. The molecule has 0 aliphatic rings. The number of benzene rings is 1. The first-order valence-corrected chi connectivity index (χ1v) is 6.97. The van der Waals surface area contributed by atoms with E-state index in [1.807, 2.05) is 31.3 Å². The fourth-order valence-corrected chi connectivity index (χ4v) is 2.48. The molecule has 3 aromatic rings. The Morgan fingerprint density at radius 1 is 1.18 bits per heavy atom. The Morgan fingerprint density at radius 3 is 2.77 bits per heavy atom. The predicted molar refractivity (Wildman–Crippen MR) is 82.9 cm³/mol. The van der Waals surface area contributed by atoms with Crippen molar-refractivity contribution < 1.29 is 13.6 Å². The Morgan fingerprint density at radius 2 is 2.05 bits per heavy atom. The molecule has 22 heavy (non-hydrogen) atoms. The zero-order chi connectivity index (χ0) is 15.5. The zero-order valence-corrected chi connectivity index (χ0v) is 12.5. The molecule has 0 bridgehead atoms. The van der Waals surface area contributed by atoms with Crippen LogP contribution in [0.1, 0.15) is 11.3 Å². The molecule has 0 amide bonds. The van der Waals surface area contributed by atoms with Gasteiger partial charge in [-0.2, -0.15) is 0 Å². The van der Waals surface area contributed by atoms with Gasteiger partial charge in [0.25, 0.3) is 0 Å². The Kier molecular flexibility index (Phi) is 3.98. The van der Waals surface area contributed by atoms with Crippen LogP contribution >= 0.6 is 0 Å². The van der Waals surface area contributed by atoms with Crippen molar-refractivity contribution in [1.82, 2.24) is 4.90 Å². The average molecular weight is 299 g/mol. The molecule has 0 radical (unpaired) electrons. The van der Waals surface area contributed by atoms with E-state index in [4.69, 9.17) is 13.6 Å². The summed E-state index contributed by atoms with van der Waals surface area (Å²) in [5, 5.41) is 0.909. The molecular formula is C17H17NO4. The quantitative estimate of drug-likeness (QED) is 0.678. The van der Waals surface area contributed by atoms with Crippen molar-refractivity contribution in [2.75, 3.05) is 14.2 Å². The van der Waals surface area contributed by atoms with E-state index < -0.39 is 0 Å². The monoisotopic (exact) mass is 299 g/mol. The highest BCUT2D eigenvalue weighted by Gasteiger charge is 2.10. The van der Waals surface area contributed by atoms with Gasteiger partial charge in [-0.15, -0.1) is 0 Å². The highest BCUT2D eigenvalue weighted by atomic mass is 16.5. The van der Waals surface area contributed by atoms with E-state index >= 15 is 0 Å². The van der Waals surface area contributed by atoms with Crippen LogP contribution in [0.3, 0.4) is 0 Å². The summed E-state index contributed by atoms with van der Waals surface area (Å²) < 4.78 is 15.8. The second-order valence-electron chi connectivity index (χ2n) is 5.20. The first-order chi connectivity index (χ1) is 10.7. The molecule has 1 aromatic carbocycles. The number of ether oxygens (including phenoxy) is 1. The lowest BCUT2D eigenvalue weighted by Crippen LogP contribution is -2.18. The van der Waals surface area contributed by atoms with Crippen LogP contribution in [0.25, 0.3) is 11.0 Å². The topological polar surface area (TPSA) is 55.8 Å². The van der Waals surface area contributed by atoms with Crippen molar-refractivity contribution in [2.24, 2.45) is 0 Å². The molecule has 0 atom stereocenters. The largest absolute Gasteiger partial charge is 0.497 e. The van der Waals surface area contributed by atoms with E-state index in [-0.39, 0.29) is 5.63 Å². The molecule has 5 nitrogen and oxygen atoms in total. The second kappa shape index (κ2) is 6.07. The molecule has 2 heterocycles. The van der Waals surface area contributed by atoms with E-state index in [0.29, 0.717) is 24.4 Å². The molecule has 0 saturated heterocycles. The molecule has 5 heteroatoms. The van der Waals surface area contributed by atoms with E-state index in [0.717, 1.165) is 16.7 Å². The lowest BCUT2D eigenvalue weighted by Gasteiger charge is -2.16. The predicted octanol–water partition coefficient (Wildman–Crippen LogP) is 3.03. The summed E-state index contributed by atoms with van der Waals surface area (Å²) in [7, 11) is 3.56. The maximum Gasteiger partial charge on any atom is 0.336 e. The normalized spacial score (nSPS) is 11.2. The fourth-order valence-electron chi connectivity index (χ4n) is 2.48. The highest BCUT2D eigenvalue weighted by molar-refractivity contribution is 5.81. The van der Waals surface area contributed by atoms with Crippen LogP contribution in [-0.2, 0) is 13.1 Å². The first-order valence-electron chi connectivity index (χ1n) is 6.97. The van der Waals surface area contributed by atoms with Gasteiger partial charge in [-0.25, -0.2) is 4.79 Å². The summed E-state index contributed by atoms with van der Waals surface area (Å²) in [5.41, 5.74) is 1.10. The van der Waals surface area contributed by atoms with Crippen LogP contribution in [0.2, 0.25) is 0 Å². The summed E-state index contributed by atoms with van der Waals surface area (Å²) in [5.74, 6) is 1.55. The molecule has 0 aliphatic carbocycles. The third-order valence-electron chi connectivity index (χ3n) is 3.48. The van der Waals surface area contributed by atoms with Gasteiger partial charge >= 0.3 is 5.63 Å². The van der Waals surface area contributed by atoms with E-state index in [1.54, 1.807) is 19.4 Å². The minimum atomic E-state index is -0.359. The number of methoxy groups -OCH3 is 1. The minimum Gasteiger partial charge on any atom is -0.497 e. The molecule has 0 saturated carbocycles. The average Bonchev–Trinajstić information content (AvgIpc) is 2.99. The Bertz CT molecular complexity index is 820. The summed E-state index contributed by atoms with van der Waals surface area (Å²) >= 11 is 0. The molecule has 0 N–H and O–H groups in total.